The molecule has 1 aromatic rings. The molecule has 0 aromatic carbocycles. The Bertz CT molecular complexity index is 370. The van der Waals surface area contributed by atoms with Crippen molar-refractivity contribution in [1.29, 1.82) is 0 Å². The average Bonchev–Trinajstić information content (AvgIpc) is 2.75. The maximum absolute atomic E-state index is 4.08. The minimum absolute atomic E-state index is 0.965. The van der Waals surface area contributed by atoms with Gasteiger partial charge < -0.3 is 0 Å². The van der Waals surface area contributed by atoms with E-state index in [1.807, 2.05) is 39.2 Å². The molecule has 0 atom stereocenters. The van der Waals surface area contributed by atoms with E-state index in [2.05, 4.69) is 25.2 Å². The van der Waals surface area contributed by atoms with Crippen LogP contribution >= 0.6 is 0 Å². The van der Waals surface area contributed by atoms with Crippen LogP contribution in [0.2, 0.25) is 0 Å². The van der Waals surface area contributed by atoms with Crippen molar-refractivity contribution in [2.75, 3.05) is 0 Å². The summed E-state index contributed by atoms with van der Waals surface area (Å²) in [6.45, 7) is 13.9. The monoisotopic (exact) mass is 218 g/mol. The minimum atomic E-state index is 0.965. The van der Waals surface area contributed by atoms with Crippen molar-refractivity contribution in [3.8, 4) is 0 Å². The molecule has 2 nitrogen and oxygen atoms in total. The lowest BCUT2D eigenvalue weighted by Crippen LogP contribution is -1.84. The minimum Gasteiger partial charge on any atom is -0.275 e. The molecule has 0 aliphatic carbocycles. The highest BCUT2D eigenvalue weighted by molar-refractivity contribution is 5.71. The van der Waals surface area contributed by atoms with Gasteiger partial charge in [0.15, 0.2) is 0 Å². The quantitative estimate of drug-likeness (QED) is 0.699. The lowest BCUT2D eigenvalue weighted by atomic mass is 10.1. The Balaban J connectivity index is 0.00000106. The molecule has 2 heteroatoms. The lowest BCUT2D eigenvalue weighted by molar-refractivity contribution is 0.767. The number of aryl methyl sites for hydroxylation is 1. The standard InChI is InChI=1S/C12H16N2.C2H6/c1-5-10(2)6-7-11(3)12-8-13-14(4)9-12;1-2/h6-9H,2-3,5H2,1,4H3;1-2H3/b7-6-;. The SMILES string of the molecule is C=C(/C=C\C(=C)c1cnn(C)c1)CC.CC. The summed E-state index contributed by atoms with van der Waals surface area (Å²) in [5.74, 6) is 0. The third-order valence-electron chi connectivity index (χ3n) is 2.05. The molecule has 0 unspecified atom stereocenters. The number of aromatic nitrogens is 2. The molecule has 0 aliphatic rings. The Labute approximate surface area is 99.0 Å². The van der Waals surface area contributed by atoms with Crippen LogP contribution in [0, 0.1) is 0 Å². The number of hydrogen-bond donors (Lipinski definition) is 0. The highest BCUT2D eigenvalue weighted by Gasteiger charge is 1.96. The average molecular weight is 218 g/mol. The Kier molecular flexibility index (Phi) is 6.93. The zero-order valence-electron chi connectivity index (χ0n) is 10.8. The van der Waals surface area contributed by atoms with Crippen LogP contribution in [0.3, 0.4) is 0 Å². The smallest absolute Gasteiger partial charge is 0.0567 e. The van der Waals surface area contributed by atoms with Crippen LogP contribution < -0.4 is 0 Å². The van der Waals surface area contributed by atoms with E-state index in [0.29, 0.717) is 0 Å². The van der Waals surface area contributed by atoms with Gasteiger partial charge in [-0.15, -0.1) is 0 Å². The van der Waals surface area contributed by atoms with Gasteiger partial charge in [0.25, 0.3) is 0 Å². The summed E-state index contributed by atoms with van der Waals surface area (Å²) in [5, 5.41) is 4.08. The molecule has 0 saturated heterocycles. The molecule has 88 valence electrons. The second kappa shape index (κ2) is 7.69. The molecule has 0 saturated carbocycles. The second-order valence-electron chi connectivity index (χ2n) is 3.27. The van der Waals surface area contributed by atoms with Crippen LogP contribution in [0.5, 0.6) is 0 Å². The van der Waals surface area contributed by atoms with Gasteiger partial charge in [0.1, 0.15) is 0 Å². The first-order valence-electron chi connectivity index (χ1n) is 5.67. The number of hydrogen-bond acceptors (Lipinski definition) is 1. The van der Waals surface area contributed by atoms with E-state index in [4.69, 9.17) is 0 Å². The second-order valence-corrected chi connectivity index (χ2v) is 3.27. The van der Waals surface area contributed by atoms with Gasteiger partial charge in [0.05, 0.1) is 6.20 Å². The summed E-state index contributed by atoms with van der Waals surface area (Å²) in [7, 11) is 1.89. The summed E-state index contributed by atoms with van der Waals surface area (Å²) in [6, 6.07) is 0. The molecule has 0 aliphatic heterocycles. The van der Waals surface area contributed by atoms with Gasteiger partial charge in [-0.3, -0.25) is 4.68 Å². The lowest BCUT2D eigenvalue weighted by Gasteiger charge is -1.95. The van der Waals surface area contributed by atoms with Crippen molar-refractivity contribution in [1.82, 2.24) is 9.78 Å². The van der Waals surface area contributed by atoms with Crippen LogP contribution in [-0.4, -0.2) is 9.78 Å². The molecule has 0 amide bonds. The zero-order valence-corrected chi connectivity index (χ0v) is 10.8. The summed E-state index contributed by atoms with van der Waals surface area (Å²) in [5.41, 5.74) is 3.12. The first-order chi connectivity index (χ1) is 7.63. The van der Waals surface area contributed by atoms with Crippen molar-refractivity contribution in [2.24, 2.45) is 7.05 Å². The first-order valence-corrected chi connectivity index (χ1v) is 5.67. The molecular formula is C14H22N2. The molecule has 0 bridgehead atoms. The molecule has 0 radical (unpaired) electrons. The molecule has 16 heavy (non-hydrogen) atoms. The van der Waals surface area contributed by atoms with Crippen molar-refractivity contribution in [2.45, 2.75) is 27.2 Å². The Morgan fingerprint density at radius 3 is 2.44 bits per heavy atom. The fourth-order valence-corrected chi connectivity index (χ4v) is 1.02. The van der Waals surface area contributed by atoms with Crippen LogP contribution in [0.1, 0.15) is 32.8 Å². The van der Waals surface area contributed by atoms with Gasteiger partial charge in [0, 0.05) is 18.8 Å². The molecule has 0 N–H and O–H groups in total. The highest BCUT2D eigenvalue weighted by Crippen LogP contribution is 2.13. The topological polar surface area (TPSA) is 17.8 Å². The largest absolute Gasteiger partial charge is 0.275 e. The summed E-state index contributed by atoms with van der Waals surface area (Å²) in [4.78, 5) is 0. The van der Waals surface area contributed by atoms with Gasteiger partial charge in [-0.25, -0.2) is 0 Å². The molecule has 1 aromatic heterocycles. The van der Waals surface area contributed by atoms with Gasteiger partial charge in [-0.1, -0.05) is 51.7 Å². The van der Waals surface area contributed by atoms with Crippen molar-refractivity contribution >= 4 is 5.57 Å². The summed E-state index contributed by atoms with van der Waals surface area (Å²) in [6.07, 6.45) is 8.69. The van der Waals surface area contributed by atoms with Gasteiger partial charge >= 0.3 is 0 Å². The first kappa shape index (κ1) is 14.4. The Hall–Kier alpha value is -1.57. The van der Waals surface area contributed by atoms with Crippen LogP contribution in [-0.2, 0) is 7.05 Å². The van der Waals surface area contributed by atoms with E-state index < -0.39 is 0 Å². The van der Waals surface area contributed by atoms with Gasteiger partial charge in [0.2, 0.25) is 0 Å². The van der Waals surface area contributed by atoms with E-state index in [9.17, 15) is 0 Å². The Morgan fingerprint density at radius 1 is 1.38 bits per heavy atom. The van der Waals surface area contributed by atoms with Crippen LogP contribution in [0.4, 0.5) is 0 Å². The van der Waals surface area contributed by atoms with Gasteiger partial charge in [-0.2, -0.15) is 5.10 Å². The van der Waals surface area contributed by atoms with E-state index in [-0.39, 0.29) is 0 Å². The number of allylic oxidation sites excluding steroid dienone is 4. The van der Waals surface area contributed by atoms with Crippen molar-refractivity contribution < 1.29 is 0 Å². The highest BCUT2D eigenvalue weighted by atomic mass is 15.2. The Morgan fingerprint density at radius 2 is 2.00 bits per heavy atom. The molecule has 0 spiro atoms. The van der Waals surface area contributed by atoms with Gasteiger partial charge in [-0.05, 0) is 12.0 Å². The predicted octanol–water partition coefficient (Wildman–Crippen LogP) is 3.98. The third kappa shape index (κ3) is 4.78. The van der Waals surface area contributed by atoms with Crippen LogP contribution in [0.25, 0.3) is 5.57 Å². The molecule has 1 rings (SSSR count). The normalized spacial score (nSPS) is 9.75. The molecule has 1 heterocycles. The summed E-state index contributed by atoms with van der Waals surface area (Å²) < 4.78 is 1.77. The van der Waals surface area contributed by atoms with E-state index in [1.165, 1.54) is 0 Å². The number of nitrogens with zero attached hydrogens (tertiary/aromatic N) is 2. The summed E-state index contributed by atoms with van der Waals surface area (Å²) >= 11 is 0. The molecular weight excluding hydrogens is 196 g/mol. The van der Waals surface area contributed by atoms with Crippen LogP contribution in [0.15, 0.2) is 43.3 Å². The maximum atomic E-state index is 4.08. The predicted molar refractivity (Wildman–Crippen MR) is 72.2 cm³/mol. The fraction of sp³-hybridized carbons (Fsp3) is 0.357. The third-order valence-corrected chi connectivity index (χ3v) is 2.05. The molecule has 0 fully saturated rings. The van der Waals surface area contributed by atoms with E-state index in [0.717, 1.165) is 23.1 Å². The van der Waals surface area contributed by atoms with Crippen molar-refractivity contribution in [3.63, 3.8) is 0 Å². The van der Waals surface area contributed by atoms with E-state index >= 15 is 0 Å². The van der Waals surface area contributed by atoms with Crippen molar-refractivity contribution in [3.05, 3.63) is 48.8 Å². The number of rotatable bonds is 4. The maximum Gasteiger partial charge on any atom is 0.0567 e. The van der Waals surface area contributed by atoms with E-state index in [1.54, 1.807) is 10.9 Å². The zero-order chi connectivity index (χ0) is 12.6. The fourth-order valence-electron chi connectivity index (χ4n) is 1.02.